The number of para-hydroxylation sites is 1. The molecule has 3 aromatic rings. The summed E-state index contributed by atoms with van der Waals surface area (Å²) in [5.41, 5.74) is 2.26. The predicted molar refractivity (Wildman–Crippen MR) is 113 cm³/mol. The van der Waals surface area contributed by atoms with Crippen molar-refractivity contribution in [2.75, 3.05) is 11.1 Å². The van der Waals surface area contributed by atoms with E-state index in [1.807, 2.05) is 31.2 Å². The maximum atomic E-state index is 12.4. The number of carbonyl (C=O) groups excluding carboxylic acids is 1. The average Bonchev–Trinajstić information content (AvgIpc) is 2.60. The Bertz CT molecular complexity index is 1040. The molecule has 3 rings (SSSR count). The van der Waals surface area contributed by atoms with Crippen LogP contribution in [0, 0.1) is 6.92 Å². The lowest BCUT2D eigenvalue weighted by Crippen LogP contribution is -2.21. The number of amides is 1. The molecule has 1 N–H and O–H groups in total. The van der Waals surface area contributed by atoms with Gasteiger partial charge in [-0.15, -0.1) is 0 Å². The van der Waals surface area contributed by atoms with Crippen molar-refractivity contribution in [3.8, 4) is 0 Å². The van der Waals surface area contributed by atoms with Gasteiger partial charge < -0.3 is 5.32 Å². The zero-order valence-corrected chi connectivity index (χ0v) is 18.0. The van der Waals surface area contributed by atoms with Gasteiger partial charge >= 0.3 is 0 Å². The number of carbonyl (C=O) groups is 1. The van der Waals surface area contributed by atoms with Crippen LogP contribution in [0.1, 0.15) is 5.56 Å². The van der Waals surface area contributed by atoms with Gasteiger partial charge in [-0.05, 0) is 68.6 Å². The molecule has 0 aliphatic carbocycles. The van der Waals surface area contributed by atoms with Crippen LogP contribution in [0.5, 0.6) is 0 Å². The highest BCUT2D eigenvalue weighted by Gasteiger charge is 2.13. The number of thioether (sulfide) groups is 1. The molecular weight excluding hydrogens is 482 g/mol. The van der Waals surface area contributed by atoms with Crippen molar-refractivity contribution in [3.63, 3.8) is 0 Å². The molecule has 0 saturated carbocycles. The maximum Gasteiger partial charge on any atom is 0.261 e. The van der Waals surface area contributed by atoms with Crippen LogP contribution in [0.4, 0.5) is 5.69 Å². The van der Waals surface area contributed by atoms with Gasteiger partial charge in [-0.3, -0.25) is 14.2 Å². The molecule has 0 aliphatic rings. The van der Waals surface area contributed by atoms with E-state index >= 15 is 0 Å². The molecule has 0 aliphatic heterocycles. The number of nitrogens with zero attached hydrogens (tertiary/aromatic N) is 2. The summed E-state index contributed by atoms with van der Waals surface area (Å²) in [6.07, 6.45) is 0. The summed E-state index contributed by atoms with van der Waals surface area (Å²) < 4.78 is 3.08. The Balaban J connectivity index is 1.77. The SMILES string of the molecule is Cc1cc(Br)c(NC(=O)CSc2nc3ccccc3c(=O)n2C)c(Br)c1. The summed E-state index contributed by atoms with van der Waals surface area (Å²) in [5.74, 6) is -0.0339. The molecule has 1 amide bonds. The molecule has 0 unspecified atom stereocenters. The van der Waals surface area contributed by atoms with Gasteiger partial charge in [-0.2, -0.15) is 0 Å². The third-order valence-corrected chi connectivity index (χ3v) is 6.01. The van der Waals surface area contributed by atoms with E-state index in [1.165, 1.54) is 16.3 Å². The highest BCUT2D eigenvalue weighted by molar-refractivity contribution is 9.11. The van der Waals surface area contributed by atoms with Crippen LogP contribution in [0.3, 0.4) is 0 Å². The number of fused-ring (bicyclic) bond motifs is 1. The first-order valence-corrected chi connectivity index (χ1v) is 10.3. The maximum absolute atomic E-state index is 12.4. The first-order chi connectivity index (χ1) is 12.4. The quantitative estimate of drug-likeness (QED) is 0.426. The van der Waals surface area contributed by atoms with Gasteiger partial charge in [0.1, 0.15) is 0 Å². The van der Waals surface area contributed by atoms with Crippen molar-refractivity contribution >= 4 is 66.1 Å². The van der Waals surface area contributed by atoms with Crippen LogP contribution in [0.15, 0.2) is 55.3 Å². The average molecular weight is 497 g/mol. The van der Waals surface area contributed by atoms with Crippen molar-refractivity contribution in [2.24, 2.45) is 7.05 Å². The molecule has 0 atom stereocenters. The molecule has 0 saturated heterocycles. The number of hydrogen-bond donors (Lipinski definition) is 1. The molecule has 134 valence electrons. The van der Waals surface area contributed by atoms with Crippen molar-refractivity contribution in [2.45, 2.75) is 12.1 Å². The Morgan fingerprint density at radius 1 is 1.23 bits per heavy atom. The van der Waals surface area contributed by atoms with Crippen LogP contribution < -0.4 is 10.9 Å². The lowest BCUT2D eigenvalue weighted by molar-refractivity contribution is -0.113. The fourth-order valence-electron chi connectivity index (χ4n) is 2.45. The van der Waals surface area contributed by atoms with E-state index in [1.54, 1.807) is 19.2 Å². The van der Waals surface area contributed by atoms with Crippen LogP contribution in [0.2, 0.25) is 0 Å². The number of hydrogen-bond acceptors (Lipinski definition) is 4. The van der Waals surface area contributed by atoms with E-state index in [0.29, 0.717) is 21.7 Å². The number of benzene rings is 2. The molecule has 5 nitrogen and oxygen atoms in total. The summed E-state index contributed by atoms with van der Waals surface area (Å²) in [6, 6.07) is 11.1. The van der Waals surface area contributed by atoms with Crippen LogP contribution in [-0.4, -0.2) is 21.2 Å². The minimum absolute atomic E-state index is 0.123. The van der Waals surface area contributed by atoms with Crippen molar-refractivity contribution in [1.29, 1.82) is 0 Å². The van der Waals surface area contributed by atoms with Gasteiger partial charge in [-0.1, -0.05) is 23.9 Å². The van der Waals surface area contributed by atoms with E-state index in [9.17, 15) is 9.59 Å². The van der Waals surface area contributed by atoms with Crippen LogP contribution >= 0.6 is 43.6 Å². The molecule has 0 spiro atoms. The van der Waals surface area contributed by atoms with Crippen molar-refractivity contribution in [3.05, 3.63) is 61.3 Å². The zero-order valence-electron chi connectivity index (χ0n) is 14.0. The lowest BCUT2D eigenvalue weighted by atomic mass is 10.2. The molecule has 26 heavy (non-hydrogen) atoms. The molecule has 0 radical (unpaired) electrons. The largest absolute Gasteiger partial charge is 0.323 e. The van der Waals surface area contributed by atoms with E-state index in [4.69, 9.17) is 0 Å². The first-order valence-electron chi connectivity index (χ1n) is 7.71. The normalized spacial score (nSPS) is 10.9. The second-order valence-electron chi connectivity index (χ2n) is 5.72. The summed E-state index contributed by atoms with van der Waals surface area (Å²) >= 11 is 8.15. The van der Waals surface area contributed by atoms with Gasteiger partial charge in [0.2, 0.25) is 5.91 Å². The molecule has 8 heteroatoms. The summed E-state index contributed by atoms with van der Waals surface area (Å²) in [5, 5.41) is 3.95. The third kappa shape index (κ3) is 4.02. The Hall–Kier alpha value is -1.64. The Kier molecular flexibility index (Phi) is 5.84. The number of anilines is 1. The lowest BCUT2D eigenvalue weighted by Gasteiger charge is -2.11. The summed E-state index contributed by atoms with van der Waals surface area (Å²) in [4.78, 5) is 29.2. The number of halogens is 2. The number of aromatic nitrogens is 2. The number of rotatable bonds is 4. The van der Waals surface area contributed by atoms with E-state index < -0.39 is 0 Å². The second kappa shape index (κ2) is 7.94. The third-order valence-electron chi connectivity index (χ3n) is 3.73. The molecule has 0 fully saturated rings. The number of nitrogens with one attached hydrogen (secondary N) is 1. The molecule has 2 aromatic carbocycles. The topological polar surface area (TPSA) is 64.0 Å². The standard InChI is InChI=1S/C18H15Br2N3O2S/c1-10-7-12(19)16(13(20)8-10)22-15(24)9-26-18-21-14-6-4-3-5-11(14)17(25)23(18)2/h3-8H,9H2,1-2H3,(H,22,24). The highest BCUT2D eigenvalue weighted by atomic mass is 79.9. The van der Waals surface area contributed by atoms with Crippen LogP contribution in [-0.2, 0) is 11.8 Å². The monoisotopic (exact) mass is 495 g/mol. The van der Waals surface area contributed by atoms with Crippen molar-refractivity contribution in [1.82, 2.24) is 9.55 Å². The number of aryl methyl sites for hydroxylation is 1. The van der Waals surface area contributed by atoms with Crippen molar-refractivity contribution < 1.29 is 4.79 Å². The van der Waals surface area contributed by atoms with E-state index in [0.717, 1.165) is 14.5 Å². The summed E-state index contributed by atoms with van der Waals surface area (Å²) in [6.45, 7) is 1.98. The van der Waals surface area contributed by atoms with Gasteiger partial charge in [0.05, 0.1) is 22.3 Å². The molecular formula is C18H15Br2N3O2S. The minimum atomic E-state index is -0.178. The highest BCUT2D eigenvalue weighted by Crippen LogP contribution is 2.32. The Labute approximate surface area is 171 Å². The predicted octanol–water partition coefficient (Wildman–Crippen LogP) is 4.50. The first kappa shape index (κ1) is 19.1. The van der Waals surface area contributed by atoms with Gasteiger partial charge in [0, 0.05) is 16.0 Å². The zero-order chi connectivity index (χ0) is 18.8. The molecule has 0 bridgehead atoms. The minimum Gasteiger partial charge on any atom is -0.323 e. The van der Waals surface area contributed by atoms with Gasteiger partial charge in [0.15, 0.2) is 5.16 Å². The smallest absolute Gasteiger partial charge is 0.261 e. The summed E-state index contributed by atoms with van der Waals surface area (Å²) in [7, 11) is 1.66. The van der Waals surface area contributed by atoms with E-state index in [2.05, 4.69) is 42.2 Å². The van der Waals surface area contributed by atoms with E-state index in [-0.39, 0.29) is 17.2 Å². The molecule has 1 heterocycles. The second-order valence-corrected chi connectivity index (χ2v) is 8.37. The van der Waals surface area contributed by atoms with Crippen LogP contribution in [0.25, 0.3) is 10.9 Å². The Morgan fingerprint density at radius 3 is 2.58 bits per heavy atom. The fourth-order valence-corrected chi connectivity index (χ4v) is 4.84. The van der Waals surface area contributed by atoms with Gasteiger partial charge in [0.25, 0.3) is 5.56 Å². The Morgan fingerprint density at radius 2 is 1.88 bits per heavy atom. The fraction of sp³-hybridized carbons (Fsp3) is 0.167. The molecule has 1 aromatic heterocycles. The van der Waals surface area contributed by atoms with Gasteiger partial charge in [-0.25, -0.2) is 4.98 Å².